The van der Waals surface area contributed by atoms with Crippen molar-refractivity contribution in [3.05, 3.63) is 99.0 Å². The van der Waals surface area contributed by atoms with Crippen LogP contribution in [0.5, 0.6) is 0 Å². The first kappa shape index (κ1) is 23.9. The average molecular weight is 503 g/mol. The van der Waals surface area contributed by atoms with Gasteiger partial charge in [-0.15, -0.1) is 0 Å². The van der Waals surface area contributed by atoms with Gasteiger partial charge in [-0.3, -0.25) is 9.59 Å². The summed E-state index contributed by atoms with van der Waals surface area (Å²) in [6.07, 6.45) is -4.67. The first-order chi connectivity index (χ1) is 16.1. The second-order valence-corrected chi connectivity index (χ2v) is 9.14. The lowest BCUT2D eigenvalue weighted by Gasteiger charge is -2.18. The number of nitrogens with zero attached hydrogens (tertiary/aromatic N) is 1. The summed E-state index contributed by atoms with van der Waals surface area (Å²) in [7, 11) is 0. The number of benzene rings is 3. The van der Waals surface area contributed by atoms with E-state index in [1.54, 1.807) is 30.3 Å². The van der Waals surface area contributed by atoms with Crippen molar-refractivity contribution in [2.24, 2.45) is 0 Å². The summed E-state index contributed by atoms with van der Waals surface area (Å²) in [5, 5.41) is 2.86. The van der Waals surface area contributed by atoms with E-state index in [0.717, 1.165) is 35.0 Å². The molecule has 4 rings (SSSR count). The lowest BCUT2D eigenvalue weighted by Crippen LogP contribution is -2.33. The Morgan fingerprint density at radius 3 is 2.24 bits per heavy atom. The number of carbonyl (C=O) groups is 2. The molecule has 0 saturated carbocycles. The Kier molecular flexibility index (Phi) is 6.47. The highest BCUT2D eigenvalue weighted by molar-refractivity contribution is 8.04. The molecule has 1 N–H and O–H groups in total. The van der Waals surface area contributed by atoms with Gasteiger partial charge in [-0.05, 0) is 67.4 Å². The summed E-state index contributed by atoms with van der Waals surface area (Å²) < 4.78 is 40.0. The van der Waals surface area contributed by atoms with Gasteiger partial charge < -0.3 is 5.32 Å². The summed E-state index contributed by atoms with van der Waals surface area (Å²) >= 11 is 7.20. The van der Waals surface area contributed by atoms with E-state index in [0.29, 0.717) is 21.5 Å². The molecule has 0 bridgehead atoms. The van der Waals surface area contributed by atoms with E-state index >= 15 is 0 Å². The molecule has 0 fully saturated rings. The van der Waals surface area contributed by atoms with Crippen molar-refractivity contribution in [2.45, 2.75) is 24.9 Å². The molecule has 1 aliphatic heterocycles. The van der Waals surface area contributed by atoms with Crippen LogP contribution in [-0.4, -0.2) is 11.8 Å². The summed E-state index contributed by atoms with van der Waals surface area (Å²) in [5.74, 6) is -1.55. The second-order valence-electron chi connectivity index (χ2n) is 7.65. The zero-order valence-electron chi connectivity index (χ0n) is 18.0. The fraction of sp³-hybridized carbons (Fsp3) is 0.120. The number of carbonyl (C=O) groups excluding carboxylic acids is 2. The highest BCUT2D eigenvalue weighted by atomic mass is 35.5. The molecule has 0 atom stereocenters. The molecule has 1 aliphatic rings. The molecule has 0 spiro atoms. The third-order valence-electron chi connectivity index (χ3n) is 5.30. The van der Waals surface area contributed by atoms with Crippen molar-refractivity contribution < 1.29 is 22.8 Å². The number of anilines is 2. The van der Waals surface area contributed by atoms with Gasteiger partial charge in [-0.2, -0.15) is 13.2 Å². The lowest BCUT2D eigenvalue weighted by atomic mass is 10.1. The zero-order valence-corrected chi connectivity index (χ0v) is 19.6. The van der Waals surface area contributed by atoms with Crippen molar-refractivity contribution in [3.8, 4) is 0 Å². The van der Waals surface area contributed by atoms with Crippen LogP contribution >= 0.6 is 23.4 Å². The minimum Gasteiger partial charge on any atom is -0.350 e. The van der Waals surface area contributed by atoms with Crippen molar-refractivity contribution >= 4 is 46.6 Å². The van der Waals surface area contributed by atoms with E-state index in [1.807, 2.05) is 32.0 Å². The van der Waals surface area contributed by atoms with Gasteiger partial charge in [-0.1, -0.05) is 47.6 Å². The zero-order chi connectivity index (χ0) is 24.6. The predicted octanol–water partition coefficient (Wildman–Crippen LogP) is 6.96. The number of thioether (sulfide) groups is 1. The van der Waals surface area contributed by atoms with Crippen LogP contribution in [0.15, 0.2) is 82.2 Å². The van der Waals surface area contributed by atoms with Crippen LogP contribution in [0.4, 0.5) is 24.5 Å². The summed E-state index contributed by atoms with van der Waals surface area (Å²) in [4.78, 5) is 28.3. The van der Waals surface area contributed by atoms with Crippen molar-refractivity contribution in [1.29, 1.82) is 0 Å². The molecule has 2 amide bonds. The molecule has 0 saturated heterocycles. The van der Waals surface area contributed by atoms with Crippen LogP contribution in [0.25, 0.3) is 0 Å². The SMILES string of the molecule is Cc1ccc(NC2=C(Sc3ccccc3)C(=O)N(c3cc(C(F)(F)F)ccc3Cl)C2=O)cc1C. The normalized spacial score (nSPS) is 14.2. The Morgan fingerprint density at radius 1 is 0.882 bits per heavy atom. The van der Waals surface area contributed by atoms with Gasteiger partial charge in [-0.25, -0.2) is 4.90 Å². The fourth-order valence-corrected chi connectivity index (χ4v) is 4.51. The Labute approximate surface area is 203 Å². The van der Waals surface area contributed by atoms with Crippen LogP contribution in [0, 0.1) is 13.8 Å². The molecule has 1 heterocycles. The van der Waals surface area contributed by atoms with Crippen LogP contribution in [0.2, 0.25) is 5.02 Å². The monoisotopic (exact) mass is 502 g/mol. The molecule has 0 radical (unpaired) electrons. The first-order valence-corrected chi connectivity index (χ1v) is 11.3. The van der Waals surface area contributed by atoms with Gasteiger partial charge >= 0.3 is 6.18 Å². The summed E-state index contributed by atoms with van der Waals surface area (Å²) in [5.41, 5.74) is 1.22. The predicted molar refractivity (Wildman–Crippen MR) is 128 cm³/mol. The Bertz CT molecular complexity index is 1320. The third kappa shape index (κ3) is 4.69. The van der Waals surface area contributed by atoms with Crippen molar-refractivity contribution in [1.82, 2.24) is 0 Å². The standard InChI is InChI=1S/C25H18ClF3N2O2S/c1-14-8-10-17(12-15(14)2)30-21-22(34-18-6-4-3-5-7-18)24(33)31(23(21)32)20-13-16(25(27,28)29)9-11-19(20)26/h3-13,30H,1-2H3. The number of alkyl halides is 3. The maximum atomic E-state index is 13.4. The number of halogens is 4. The number of nitrogens with one attached hydrogen (secondary N) is 1. The molecule has 4 nitrogen and oxygen atoms in total. The maximum absolute atomic E-state index is 13.4. The molecule has 0 aromatic heterocycles. The molecule has 0 aliphatic carbocycles. The Morgan fingerprint density at radius 2 is 1.59 bits per heavy atom. The van der Waals surface area contributed by atoms with Gasteiger partial charge in [0.1, 0.15) is 10.6 Å². The summed E-state index contributed by atoms with van der Waals surface area (Å²) in [6.45, 7) is 3.85. The number of aryl methyl sites for hydroxylation is 2. The molecule has 3 aromatic carbocycles. The van der Waals surface area contributed by atoms with Crippen LogP contribution in [0.1, 0.15) is 16.7 Å². The molecule has 0 unspecified atom stereocenters. The van der Waals surface area contributed by atoms with E-state index < -0.39 is 23.6 Å². The van der Waals surface area contributed by atoms with Gasteiger partial charge in [0.15, 0.2) is 0 Å². The van der Waals surface area contributed by atoms with E-state index in [9.17, 15) is 22.8 Å². The highest BCUT2D eigenvalue weighted by Crippen LogP contribution is 2.41. The van der Waals surface area contributed by atoms with Crippen LogP contribution < -0.4 is 10.2 Å². The molecule has 174 valence electrons. The summed E-state index contributed by atoms with van der Waals surface area (Å²) in [6, 6.07) is 16.9. The Balaban J connectivity index is 1.79. The molecule has 34 heavy (non-hydrogen) atoms. The van der Waals surface area contributed by atoms with E-state index in [2.05, 4.69) is 5.32 Å². The number of hydrogen-bond acceptors (Lipinski definition) is 4. The molecular weight excluding hydrogens is 485 g/mol. The lowest BCUT2D eigenvalue weighted by molar-refractivity contribution is -0.137. The van der Waals surface area contributed by atoms with E-state index in [4.69, 9.17) is 11.6 Å². The maximum Gasteiger partial charge on any atom is 0.416 e. The Hall–Kier alpha value is -3.23. The first-order valence-electron chi connectivity index (χ1n) is 10.1. The van der Waals surface area contributed by atoms with E-state index in [-0.39, 0.29) is 21.3 Å². The highest BCUT2D eigenvalue weighted by Gasteiger charge is 2.42. The van der Waals surface area contributed by atoms with Crippen molar-refractivity contribution in [2.75, 3.05) is 10.2 Å². The largest absolute Gasteiger partial charge is 0.416 e. The van der Waals surface area contributed by atoms with E-state index in [1.165, 1.54) is 0 Å². The van der Waals surface area contributed by atoms with Gasteiger partial charge in [0, 0.05) is 10.6 Å². The third-order valence-corrected chi connectivity index (χ3v) is 6.71. The topological polar surface area (TPSA) is 49.4 Å². The van der Waals surface area contributed by atoms with Crippen LogP contribution in [0.3, 0.4) is 0 Å². The molecule has 3 aromatic rings. The minimum absolute atomic E-state index is 0.0319. The minimum atomic E-state index is -4.67. The van der Waals surface area contributed by atoms with Gasteiger partial charge in [0.05, 0.1) is 16.3 Å². The number of rotatable bonds is 5. The average Bonchev–Trinajstić information content (AvgIpc) is 3.00. The molecule has 9 heteroatoms. The number of amides is 2. The fourth-order valence-electron chi connectivity index (χ4n) is 3.36. The van der Waals surface area contributed by atoms with Crippen LogP contribution in [-0.2, 0) is 15.8 Å². The smallest absolute Gasteiger partial charge is 0.350 e. The van der Waals surface area contributed by atoms with Gasteiger partial charge in [0.2, 0.25) is 0 Å². The van der Waals surface area contributed by atoms with Gasteiger partial charge in [0.25, 0.3) is 11.8 Å². The number of hydrogen-bond donors (Lipinski definition) is 1. The number of imide groups is 1. The second kappa shape index (κ2) is 9.19. The molecular formula is C25H18ClF3N2O2S. The quantitative estimate of drug-likeness (QED) is 0.383. The van der Waals surface area contributed by atoms with Crippen molar-refractivity contribution in [3.63, 3.8) is 0 Å².